The van der Waals surface area contributed by atoms with Crippen molar-refractivity contribution >= 4 is 31.9 Å². The van der Waals surface area contributed by atoms with Gasteiger partial charge in [-0.1, -0.05) is 37.9 Å². The Kier molecular flexibility index (Phi) is 4.55. The zero-order valence-corrected chi connectivity index (χ0v) is 13.1. The lowest BCUT2D eigenvalue weighted by Crippen LogP contribution is -2.28. The van der Waals surface area contributed by atoms with Crippen LogP contribution < -0.4 is 11.3 Å². The first-order valence-corrected chi connectivity index (χ1v) is 7.17. The second-order valence-corrected chi connectivity index (χ2v) is 5.66. The number of rotatable bonds is 4. The van der Waals surface area contributed by atoms with Crippen molar-refractivity contribution in [2.24, 2.45) is 5.84 Å². The smallest absolute Gasteiger partial charge is 0.0751 e. The van der Waals surface area contributed by atoms with Crippen LogP contribution in [0.15, 0.2) is 39.5 Å². The van der Waals surface area contributed by atoms with Gasteiger partial charge in [0.1, 0.15) is 0 Å². The molecule has 2 aromatic rings. The van der Waals surface area contributed by atoms with Crippen molar-refractivity contribution in [1.29, 1.82) is 0 Å². The highest BCUT2D eigenvalue weighted by Gasteiger charge is 2.17. The van der Waals surface area contributed by atoms with E-state index in [-0.39, 0.29) is 6.04 Å². The zero-order chi connectivity index (χ0) is 13.1. The third kappa shape index (κ3) is 2.83. The highest BCUT2D eigenvalue weighted by molar-refractivity contribution is 9.11. The predicted octanol–water partition coefficient (Wildman–Crippen LogP) is 2.98. The second-order valence-electron chi connectivity index (χ2n) is 3.89. The highest BCUT2D eigenvalue weighted by atomic mass is 79.9. The molecule has 1 atom stereocenters. The molecule has 0 aliphatic heterocycles. The van der Waals surface area contributed by atoms with E-state index in [4.69, 9.17) is 5.84 Å². The van der Waals surface area contributed by atoms with Crippen LogP contribution in [0.1, 0.15) is 24.1 Å². The van der Waals surface area contributed by atoms with Gasteiger partial charge in [-0.2, -0.15) is 5.10 Å². The van der Waals surface area contributed by atoms with E-state index >= 15 is 0 Å². The minimum absolute atomic E-state index is 0.0761. The zero-order valence-electron chi connectivity index (χ0n) is 9.90. The van der Waals surface area contributed by atoms with Crippen molar-refractivity contribution in [1.82, 2.24) is 15.2 Å². The minimum Gasteiger partial charge on any atom is -0.273 e. The van der Waals surface area contributed by atoms with Gasteiger partial charge < -0.3 is 0 Å². The van der Waals surface area contributed by atoms with Crippen LogP contribution in [0.2, 0.25) is 0 Å². The molecule has 0 saturated heterocycles. The normalized spacial score (nSPS) is 12.7. The Bertz CT molecular complexity index is 539. The molecule has 18 heavy (non-hydrogen) atoms. The molecule has 0 spiro atoms. The topological polar surface area (TPSA) is 55.9 Å². The van der Waals surface area contributed by atoms with Crippen molar-refractivity contribution in [3.63, 3.8) is 0 Å². The number of nitrogens with two attached hydrogens (primary N) is 1. The Morgan fingerprint density at radius 3 is 2.78 bits per heavy atom. The van der Waals surface area contributed by atoms with Gasteiger partial charge in [-0.05, 0) is 24.6 Å². The maximum atomic E-state index is 5.67. The van der Waals surface area contributed by atoms with Gasteiger partial charge in [0.15, 0.2) is 0 Å². The van der Waals surface area contributed by atoms with E-state index < -0.39 is 0 Å². The van der Waals surface area contributed by atoms with E-state index in [0.717, 1.165) is 26.6 Å². The average molecular weight is 374 g/mol. The van der Waals surface area contributed by atoms with Crippen molar-refractivity contribution in [3.8, 4) is 0 Å². The van der Waals surface area contributed by atoms with E-state index in [9.17, 15) is 0 Å². The summed E-state index contributed by atoms with van der Waals surface area (Å²) in [7, 11) is 0. The first kappa shape index (κ1) is 13.7. The fraction of sp³-hybridized carbons (Fsp3) is 0.250. The lowest BCUT2D eigenvalue weighted by atomic mass is 10.0. The number of nitrogens with zero attached hydrogens (tertiary/aromatic N) is 2. The van der Waals surface area contributed by atoms with Crippen molar-refractivity contribution in [3.05, 3.63) is 50.7 Å². The lowest BCUT2D eigenvalue weighted by molar-refractivity contribution is 0.628. The molecule has 0 bridgehead atoms. The van der Waals surface area contributed by atoms with Gasteiger partial charge in [-0.3, -0.25) is 10.5 Å². The van der Waals surface area contributed by atoms with Crippen molar-refractivity contribution in [2.75, 3.05) is 0 Å². The van der Waals surface area contributed by atoms with E-state index in [2.05, 4.69) is 49.3 Å². The van der Waals surface area contributed by atoms with E-state index in [1.54, 1.807) is 0 Å². The monoisotopic (exact) mass is 372 g/mol. The summed E-state index contributed by atoms with van der Waals surface area (Å²) in [6.07, 6.45) is 3.83. The first-order chi connectivity index (χ1) is 8.65. The summed E-state index contributed by atoms with van der Waals surface area (Å²) in [4.78, 5) is 0. The number of halogens is 2. The minimum atomic E-state index is -0.0761. The molecule has 0 saturated carbocycles. The van der Waals surface area contributed by atoms with Crippen LogP contribution in [0, 0.1) is 0 Å². The molecule has 0 aliphatic rings. The largest absolute Gasteiger partial charge is 0.273 e. The van der Waals surface area contributed by atoms with Crippen molar-refractivity contribution < 1.29 is 0 Å². The van der Waals surface area contributed by atoms with Crippen LogP contribution in [0.25, 0.3) is 0 Å². The predicted molar refractivity (Wildman–Crippen MR) is 78.9 cm³/mol. The molecule has 0 amide bonds. The first-order valence-electron chi connectivity index (χ1n) is 5.59. The fourth-order valence-corrected chi connectivity index (χ4v) is 3.08. The van der Waals surface area contributed by atoms with Gasteiger partial charge in [0.25, 0.3) is 0 Å². The van der Waals surface area contributed by atoms with Gasteiger partial charge in [-0.15, -0.1) is 0 Å². The fourth-order valence-electron chi connectivity index (χ4n) is 1.80. The third-order valence-electron chi connectivity index (χ3n) is 2.75. The van der Waals surface area contributed by atoms with E-state index in [1.807, 2.05) is 35.3 Å². The molecule has 4 nitrogen and oxygen atoms in total. The summed E-state index contributed by atoms with van der Waals surface area (Å²) in [5, 5.41) is 4.27. The molecule has 96 valence electrons. The number of hydrogen-bond donors (Lipinski definition) is 2. The summed E-state index contributed by atoms with van der Waals surface area (Å²) in [6.45, 7) is 2.90. The summed E-state index contributed by atoms with van der Waals surface area (Å²) in [5.41, 5.74) is 4.96. The lowest BCUT2D eigenvalue weighted by Gasteiger charge is -2.16. The Morgan fingerprint density at radius 1 is 1.44 bits per heavy atom. The number of aromatic nitrogens is 2. The van der Waals surface area contributed by atoms with Gasteiger partial charge in [-0.25, -0.2) is 5.43 Å². The van der Waals surface area contributed by atoms with Gasteiger partial charge in [0.05, 0.1) is 12.2 Å². The molecule has 0 aliphatic carbocycles. The van der Waals surface area contributed by atoms with Crippen LogP contribution in [0.4, 0.5) is 0 Å². The molecule has 1 heterocycles. The molecule has 0 radical (unpaired) electrons. The Balaban J connectivity index is 2.38. The average Bonchev–Trinajstić information content (AvgIpc) is 2.81. The SMILES string of the molecule is CCn1cc(C(NN)c2ccc(Br)cc2Br)cn1. The molecule has 1 aromatic heterocycles. The standard InChI is InChI=1S/C12H14Br2N4/c1-2-18-7-8(6-16-18)12(17-15)10-4-3-9(13)5-11(10)14/h3-7,12,17H,2,15H2,1H3. The maximum absolute atomic E-state index is 5.67. The van der Waals surface area contributed by atoms with Gasteiger partial charge in [0.2, 0.25) is 0 Å². The number of benzene rings is 1. The molecular weight excluding hydrogens is 360 g/mol. The maximum Gasteiger partial charge on any atom is 0.0751 e. The molecule has 1 unspecified atom stereocenters. The van der Waals surface area contributed by atoms with Crippen LogP contribution in [-0.2, 0) is 6.54 Å². The van der Waals surface area contributed by atoms with E-state index in [0.29, 0.717) is 0 Å². The molecule has 6 heteroatoms. The molecule has 1 aromatic carbocycles. The third-order valence-corrected chi connectivity index (χ3v) is 3.93. The Labute approximate surface area is 123 Å². The quantitative estimate of drug-likeness (QED) is 0.639. The molecule has 3 N–H and O–H groups in total. The van der Waals surface area contributed by atoms with Crippen LogP contribution >= 0.6 is 31.9 Å². The van der Waals surface area contributed by atoms with E-state index in [1.165, 1.54) is 0 Å². The molecule has 2 rings (SSSR count). The molecule has 0 fully saturated rings. The molecular formula is C12H14Br2N4. The number of hydrogen-bond acceptors (Lipinski definition) is 3. The van der Waals surface area contributed by atoms with Gasteiger partial charge in [0, 0.05) is 27.3 Å². The van der Waals surface area contributed by atoms with Crippen molar-refractivity contribution in [2.45, 2.75) is 19.5 Å². The number of nitrogens with one attached hydrogen (secondary N) is 1. The number of aryl methyl sites for hydroxylation is 1. The van der Waals surface area contributed by atoms with Crippen LogP contribution in [0.5, 0.6) is 0 Å². The summed E-state index contributed by atoms with van der Waals surface area (Å²) < 4.78 is 3.91. The number of hydrazine groups is 1. The van der Waals surface area contributed by atoms with Gasteiger partial charge >= 0.3 is 0 Å². The summed E-state index contributed by atoms with van der Waals surface area (Å²) >= 11 is 7.00. The van der Waals surface area contributed by atoms with Crippen LogP contribution in [0.3, 0.4) is 0 Å². The van der Waals surface area contributed by atoms with Crippen LogP contribution in [-0.4, -0.2) is 9.78 Å². The summed E-state index contributed by atoms with van der Waals surface area (Å²) in [5.74, 6) is 5.67. The Morgan fingerprint density at radius 2 is 2.22 bits per heavy atom. The Hall–Kier alpha value is -0.690. The summed E-state index contributed by atoms with van der Waals surface area (Å²) in [6, 6.07) is 5.95. The highest BCUT2D eigenvalue weighted by Crippen LogP contribution is 2.30. The second kappa shape index (κ2) is 5.97.